The van der Waals surface area contributed by atoms with Crippen LogP contribution in [0, 0.1) is 0 Å². The second-order valence-electron chi connectivity index (χ2n) is 2.98. The van der Waals surface area contributed by atoms with Gasteiger partial charge in [-0.15, -0.1) is 0 Å². The Kier molecular flexibility index (Phi) is 2.92. The van der Waals surface area contributed by atoms with Crippen LogP contribution in [0.3, 0.4) is 0 Å². The first-order chi connectivity index (χ1) is 5.74. The van der Waals surface area contributed by atoms with Crippen molar-refractivity contribution in [1.82, 2.24) is 0 Å². The van der Waals surface area contributed by atoms with E-state index in [0.29, 0.717) is 0 Å². The maximum atomic E-state index is 5.65. The zero-order valence-corrected chi connectivity index (χ0v) is 7.51. The smallest absolute Gasteiger partial charge is 0.0320 e. The molecule has 0 heterocycles. The van der Waals surface area contributed by atoms with Crippen molar-refractivity contribution < 1.29 is 0 Å². The van der Waals surface area contributed by atoms with Gasteiger partial charge in [0.1, 0.15) is 0 Å². The Bertz CT molecular complexity index is 276. The van der Waals surface area contributed by atoms with Crippen molar-refractivity contribution in [2.75, 3.05) is 5.73 Å². The van der Waals surface area contributed by atoms with Crippen LogP contribution in [0.25, 0.3) is 5.57 Å². The predicted molar refractivity (Wildman–Crippen MR) is 54.8 cm³/mol. The number of nitrogen functional groups attached to an aromatic ring is 1. The number of anilines is 1. The number of rotatable bonds is 3. The fourth-order valence-corrected chi connectivity index (χ4v) is 1.20. The Morgan fingerprint density at radius 3 is 2.83 bits per heavy atom. The SMILES string of the molecule is C=C(CCC)c1cccc(N)c1. The molecule has 0 amide bonds. The fraction of sp³-hybridized carbons (Fsp3) is 0.273. The van der Waals surface area contributed by atoms with E-state index in [1.807, 2.05) is 24.3 Å². The van der Waals surface area contributed by atoms with Crippen LogP contribution < -0.4 is 5.73 Å². The average Bonchev–Trinajstić information content (AvgIpc) is 2.05. The molecule has 0 fully saturated rings. The number of allylic oxidation sites excluding steroid dienone is 1. The molecule has 1 heteroatoms. The van der Waals surface area contributed by atoms with E-state index in [-0.39, 0.29) is 0 Å². The molecule has 0 saturated heterocycles. The van der Waals surface area contributed by atoms with E-state index in [2.05, 4.69) is 13.5 Å². The van der Waals surface area contributed by atoms with E-state index in [0.717, 1.165) is 24.1 Å². The molecule has 0 saturated carbocycles. The summed E-state index contributed by atoms with van der Waals surface area (Å²) < 4.78 is 0. The Morgan fingerprint density at radius 1 is 1.50 bits per heavy atom. The van der Waals surface area contributed by atoms with E-state index in [1.165, 1.54) is 5.57 Å². The number of hydrogen-bond donors (Lipinski definition) is 1. The van der Waals surface area contributed by atoms with E-state index < -0.39 is 0 Å². The van der Waals surface area contributed by atoms with Gasteiger partial charge < -0.3 is 5.73 Å². The summed E-state index contributed by atoms with van der Waals surface area (Å²) in [5, 5.41) is 0. The second-order valence-corrected chi connectivity index (χ2v) is 2.98. The normalized spacial score (nSPS) is 9.75. The van der Waals surface area contributed by atoms with Crippen molar-refractivity contribution >= 4 is 11.3 Å². The van der Waals surface area contributed by atoms with Gasteiger partial charge in [0.2, 0.25) is 0 Å². The molecule has 64 valence electrons. The van der Waals surface area contributed by atoms with Crippen molar-refractivity contribution in [2.24, 2.45) is 0 Å². The van der Waals surface area contributed by atoms with Crippen LogP contribution in [0.4, 0.5) is 5.69 Å². The summed E-state index contributed by atoms with van der Waals surface area (Å²) in [4.78, 5) is 0. The van der Waals surface area contributed by atoms with E-state index in [9.17, 15) is 0 Å². The van der Waals surface area contributed by atoms with Crippen molar-refractivity contribution in [3.63, 3.8) is 0 Å². The topological polar surface area (TPSA) is 26.0 Å². The largest absolute Gasteiger partial charge is 0.399 e. The lowest BCUT2D eigenvalue weighted by Crippen LogP contribution is -1.87. The van der Waals surface area contributed by atoms with Crippen LogP contribution in [0.1, 0.15) is 25.3 Å². The molecule has 0 aliphatic carbocycles. The van der Waals surface area contributed by atoms with Crippen LogP contribution in [-0.2, 0) is 0 Å². The highest BCUT2D eigenvalue weighted by atomic mass is 14.5. The minimum atomic E-state index is 0.810. The summed E-state index contributed by atoms with van der Waals surface area (Å²) in [7, 11) is 0. The summed E-state index contributed by atoms with van der Waals surface area (Å²) in [6.45, 7) is 6.15. The highest BCUT2D eigenvalue weighted by Gasteiger charge is 1.96. The maximum Gasteiger partial charge on any atom is 0.0320 e. The number of nitrogens with two attached hydrogens (primary N) is 1. The summed E-state index contributed by atoms with van der Waals surface area (Å²) in [5.41, 5.74) is 8.80. The first-order valence-electron chi connectivity index (χ1n) is 4.27. The molecular weight excluding hydrogens is 146 g/mol. The lowest BCUT2D eigenvalue weighted by atomic mass is 10.0. The Morgan fingerprint density at radius 2 is 2.25 bits per heavy atom. The molecule has 0 aromatic heterocycles. The number of benzene rings is 1. The molecule has 0 radical (unpaired) electrons. The monoisotopic (exact) mass is 161 g/mol. The lowest BCUT2D eigenvalue weighted by Gasteiger charge is -2.04. The van der Waals surface area contributed by atoms with Gasteiger partial charge >= 0.3 is 0 Å². The van der Waals surface area contributed by atoms with Gasteiger partial charge in [-0.3, -0.25) is 0 Å². The van der Waals surface area contributed by atoms with Gasteiger partial charge in [0.25, 0.3) is 0 Å². The predicted octanol–water partition coefficient (Wildman–Crippen LogP) is 3.08. The summed E-state index contributed by atoms with van der Waals surface area (Å²) in [5.74, 6) is 0. The van der Waals surface area contributed by atoms with Crippen LogP contribution in [0.5, 0.6) is 0 Å². The molecule has 0 unspecified atom stereocenters. The molecule has 1 aromatic carbocycles. The molecule has 0 aliphatic heterocycles. The Labute approximate surface area is 73.9 Å². The molecule has 12 heavy (non-hydrogen) atoms. The zero-order valence-electron chi connectivity index (χ0n) is 7.51. The first kappa shape index (κ1) is 8.85. The highest BCUT2D eigenvalue weighted by molar-refractivity contribution is 5.66. The van der Waals surface area contributed by atoms with Crippen LogP contribution in [0.15, 0.2) is 30.8 Å². The van der Waals surface area contributed by atoms with E-state index in [4.69, 9.17) is 5.73 Å². The van der Waals surface area contributed by atoms with Crippen LogP contribution in [-0.4, -0.2) is 0 Å². The van der Waals surface area contributed by atoms with E-state index >= 15 is 0 Å². The van der Waals surface area contributed by atoms with Crippen molar-refractivity contribution in [3.8, 4) is 0 Å². The van der Waals surface area contributed by atoms with Gasteiger partial charge in [0.05, 0.1) is 0 Å². The highest BCUT2D eigenvalue weighted by Crippen LogP contribution is 2.19. The van der Waals surface area contributed by atoms with Crippen molar-refractivity contribution in [2.45, 2.75) is 19.8 Å². The second kappa shape index (κ2) is 3.96. The minimum absolute atomic E-state index is 0.810. The third-order valence-electron chi connectivity index (χ3n) is 1.85. The molecule has 0 aliphatic rings. The van der Waals surface area contributed by atoms with Gasteiger partial charge in [-0.2, -0.15) is 0 Å². The van der Waals surface area contributed by atoms with Crippen LogP contribution in [0.2, 0.25) is 0 Å². The molecule has 0 atom stereocenters. The number of hydrogen-bond acceptors (Lipinski definition) is 1. The minimum Gasteiger partial charge on any atom is -0.399 e. The molecule has 1 aromatic rings. The molecule has 1 nitrogen and oxygen atoms in total. The molecule has 1 rings (SSSR count). The molecular formula is C11H15N. The van der Waals surface area contributed by atoms with Gasteiger partial charge in [-0.1, -0.05) is 32.1 Å². The van der Waals surface area contributed by atoms with Gasteiger partial charge in [0, 0.05) is 5.69 Å². The van der Waals surface area contributed by atoms with Gasteiger partial charge in [0.15, 0.2) is 0 Å². The average molecular weight is 161 g/mol. The Hall–Kier alpha value is -1.24. The quantitative estimate of drug-likeness (QED) is 0.677. The zero-order chi connectivity index (χ0) is 8.97. The first-order valence-corrected chi connectivity index (χ1v) is 4.27. The van der Waals surface area contributed by atoms with Crippen LogP contribution >= 0.6 is 0 Å². The van der Waals surface area contributed by atoms with E-state index in [1.54, 1.807) is 0 Å². The third kappa shape index (κ3) is 2.12. The molecule has 2 N–H and O–H groups in total. The summed E-state index contributed by atoms with van der Waals surface area (Å²) in [6, 6.07) is 7.88. The standard InChI is InChI=1S/C11H15N/c1-3-5-9(2)10-6-4-7-11(12)8-10/h4,6-8H,2-3,5,12H2,1H3. The summed E-state index contributed by atoms with van der Waals surface area (Å²) in [6.07, 6.45) is 2.18. The lowest BCUT2D eigenvalue weighted by molar-refractivity contribution is 0.975. The summed E-state index contributed by atoms with van der Waals surface area (Å²) >= 11 is 0. The van der Waals surface area contributed by atoms with Crippen molar-refractivity contribution in [1.29, 1.82) is 0 Å². The third-order valence-corrected chi connectivity index (χ3v) is 1.85. The molecule has 0 spiro atoms. The Balaban J connectivity index is 2.81. The fourth-order valence-electron chi connectivity index (χ4n) is 1.20. The van der Waals surface area contributed by atoms with Gasteiger partial charge in [-0.05, 0) is 29.7 Å². The van der Waals surface area contributed by atoms with Crippen molar-refractivity contribution in [3.05, 3.63) is 36.4 Å². The van der Waals surface area contributed by atoms with Gasteiger partial charge in [-0.25, -0.2) is 0 Å². The molecule has 0 bridgehead atoms. The maximum absolute atomic E-state index is 5.65.